The highest BCUT2D eigenvalue weighted by Gasteiger charge is 2.09. The summed E-state index contributed by atoms with van der Waals surface area (Å²) >= 11 is 3.37. The Balaban J connectivity index is 1.62. The normalized spacial score (nSPS) is 10.3. The van der Waals surface area contributed by atoms with Crippen molar-refractivity contribution in [1.82, 2.24) is 0 Å². The molecule has 0 aliphatic rings. The van der Waals surface area contributed by atoms with Crippen molar-refractivity contribution in [2.45, 2.75) is 6.42 Å². The molecular weight excluding hydrogens is 384 g/mol. The van der Waals surface area contributed by atoms with Crippen molar-refractivity contribution >= 4 is 39.1 Å². The van der Waals surface area contributed by atoms with Gasteiger partial charge in [0, 0.05) is 15.8 Å². The lowest BCUT2D eigenvalue weighted by atomic mass is 10.1. The van der Waals surface area contributed by atoms with E-state index in [1.54, 1.807) is 36.4 Å². The Bertz CT molecular complexity index is 874. The van der Waals surface area contributed by atoms with Gasteiger partial charge in [-0.3, -0.25) is 9.59 Å². The summed E-state index contributed by atoms with van der Waals surface area (Å²) in [5.74, 6) is -0.246. The van der Waals surface area contributed by atoms with Crippen LogP contribution < -0.4 is 10.6 Å². The summed E-state index contributed by atoms with van der Waals surface area (Å²) < 4.78 is 6.02. The molecule has 0 aliphatic heterocycles. The van der Waals surface area contributed by atoms with Gasteiger partial charge in [0.05, 0.1) is 12.7 Å². The predicted molar refractivity (Wildman–Crippen MR) is 99.6 cm³/mol. The van der Waals surface area contributed by atoms with Crippen LogP contribution in [0.1, 0.15) is 16.1 Å². The van der Waals surface area contributed by atoms with Crippen LogP contribution in [0.15, 0.2) is 75.8 Å². The molecule has 3 rings (SSSR count). The maximum absolute atomic E-state index is 12.2. The lowest BCUT2D eigenvalue weighted by molar-refractivity contribution is -0.115. The number of rotatable bonds is 5. The Hall–Kier alpha value is -2.86. The molecule has 0 fully saturated rings. The van der Waals surface area contributed by atoms with Gasteiger partial charge in [0.15, 0.2) is 5.76 Å². The van der Waals surface area contributed by atoms with E-state index in [0.717, 1.165) is 10.0 Å². The molecule has 126 valence electrons. The molecule has 3 aromatic rings. The van der Waals surface area contributed by atoms with E-state index in [1.165, 1.54) is 6.26 Å². The van der Waals surface area contributed by atoms with Crippen molar-refractivity contribution in [2.24, 2.45) is 0 Å². The smallest absolute Gasteiger partial charge is 0.291 e. The number of hydrogen-bond acceptors (Lipinski definition) is 3. The minimum atomic E-state index is -0.344. The maximum atomic E-state index is 12.2. The summed E-state index contributed by atoms with van der Waals surface area (Å²) in [6.45, 7) is 0. The standard InChI is InChI=1S/C19H15BrN2O3/c20-14-8-6-13(7-9-14)11-18(23)21-15-3-1-4-16(12-15)22-19(24)17-5-2-10-25-17/h1-10,12H,11H2,(H,21,23)(H,22,24). The summed E-state index contributed by atoms with van der Waals surface area (Å²) in [6.07, 6.45) is 1.71. The molecule has 1 heterocycles. The van der Waals surface area contributed by atoms with Crippen LogP contribution in [0.25, 0.3) is 0 Å². The molecule has 2 N–H and O–H groups in total. The molecule has 0 spiro atoms. The average Bonchev–Trinajstić information content (AvgIpc) is 3.12. The molecule has 6 heteroatoms. The van der Waals surface area contributed by atoms with Crippen LogP contribution in [-0.2, 0) is 11.2 Å². The van der Waals surface area contributed by atoms with Gasteiger partial charge in [0.1, 0.15) is 0 Å². The number of benzene rings is 2. The summed E-state index contributed by atoms with van der Waals surface area (Å²) in [6, 6.07) is 17.8. The first-order chi connectivity index (χ1) is 12.1. The van der Waals surface area contributed by atoms with Crippen LogP contribution in [0.5, 0.6) is 0 Å². The average molecular weight is 399 g/mol. The maximum Gasteiger partial charge on any atom is 0.291 e. The molecule has 0 saturated carbocycles. The van der Waals surface area contributed by atoms with Crippen molar-refractivity contribution < 1.29 is 14.0 Å². The van der Waals surface area contributed by atoms with Gasteiger partial charge in [-0.2, -0.15) is 0 Å². The van der Waals surface area contributed by atoms with Gasteiger partial charge in [-0.25, -0.2) is 0 Å². The molecule has 0 saturated heterocycles. The third-order valence-electron chi connectivity index (χ3n) is 3.43. The van der Waals surface area contributed by atoms with E-state index < -0.39 is 0 Å². The van der Waals surface area contributed by atoms with E-state index in [4.69, 9.17) is 4.42 Å². The largest absolute Gasteiger partial charge is 0.459 e. The fourth-order valence-electron chi connectivity index (χ4n) is 2.27. The van der Waals surface area contributed by atoms with Gasteiger partial charge in [-0.05, 0) is 48.0 Å². The zero-order valence-corrected chi connectivity index (χ0v) is 14.7. The van der Waals surface area contributed by atoms with Crippen LogP contribution in [-0.4, -0.2) is 11.8 Å². The van der Waals surface area contributed by atoms with Crippen LogP contribution in [0.2, 0.25) is 0 Å². The molecule has 25 heavy (non-hydrogen) atoms. The molecule has 0 bridgehead atoms. The zero-order chi connectivity index (χ0) is 17.6. The number of furan rings is 1. The van der Waals surface area contributed by atoms with Crippen LogP contribution in [0, 0.1) is 0 Å². The molecule has 5 nitrogen and oxygen atoms in total. The van der Waals surface area contributed by atoms with E-state index in [1.807, 2.05) is 24.3 Å². The second-order valence-corrected chi connectivity index (χ2v) is 6.28. The van der Waals surface area contributed by atoms with Gasteiger partial charge in [-0.1, -0.05) is 34.1 Å². The van der Waals surface area contributed by atoms with E-state index >= 15 is 0 Å². The number of nitrogens with one attached hydrogen (secondary N) is 2. The summed E-state index contributed by atoms with van der Waals surface area (Å²) in [5.41, 5.74) is 2.10. The fourth-order valence-corrected chi connectivity index (χ4v) is 2.53. The minimum Gasteiger partial charge on any atom is -0.459 e. The first-order valence-electron chi connectivity index (χ1n) is 7.59. The Labute approximate surface area is 153 Å². The topological polar surface area (TPSA) is 71.3 Å². The second-order valence-electron chi connectivity index (χ2n) is 5.36. The molecule has 2 amide bonds. The summed E-state index contributed by atoms with van der Waals surface area (Å²) in [4.78, 5) is 24.1. The Morgan fingerprint density at radius 3 is 2.32 bits per heavy atom. The lowest BCUT2D eigenvalue weighted by Gasteiger charge is -2.08. The van der Waals surface area contributed by atoms with Crippen molar-refractivity contribution in [1.29, 1.82) is 0 Å². The van der Waals surface area contributed by atoms with Crippen LogP contribution >= 0.6 is 15.9 Å². The Kier molecular flexibility index (Phi) is 5.30. The monoisotopic (exact) mass is 398 g/mol. The van der Waals surface area contributed by atoms with Crippen molar-refractivity contribution in [3.05, 3.63) is 82.7 Å². The van der Waals surface area contributed by atoms with Crippen molar-refractivity contribution in [3.63, 3.8) is 0 Å². The van der Waals surface area contributed by atoms with Crippen molar-refractivity contribution in [3.8, 4) is 0 Å². The number of carbonyl (C=O) groups is 2. The first kappa shape index (κ1) is 17.0. The zero-order valence-electron chi connectivity index (χ0n) is 13.2. The van der Waals surface area contributed by atoms with Gasteiger partial charge < -0.3 is 15.1 Å². The SMILES string of the molecule is O=C(Cc1ccc(Br)cc1)Nc1cccc(NC(=O)c2ccco2)c1. The minimum absolute atomic E-state index is 0.128. The number of amides is 2. The van der Waals surface area contributed by atoms with Gasteiger partial charge >= 0.3 is 0 Å². The molecule has 0 unspecified atom stereocenters. The predicted octanol–water partition coefficient (Wildman–Crippen LogP) is 4.48. The van der Waals surface area contributed by atoms with E-state index in [0.29, 0.717) is 11.4 Å². The molecule has 0 atom stereocenters. The number of halogens is 1. The van der Waals surface area contributed by atoms with E-state index in [-0.39, 0.29) is 24.0 Å². The fraction of sp³-hybridized carbons (Fsp3) is 0.0526. The Morgan fingerprint density at radius 2 is 1.64 bits per heavy atom. The lowest BCUT2D eigenvalue weighted by Crippen LogP contribution is -2.15. The number of carbonyl (C=O) groups excluding carboxylic acids is 2. The number of hydrogen-bond donors (Lipinski definition) is 2. The van der Waals surface area contributed by atoms with Gasteiger partial charge in [-0.15, -0.1) is 0 Å². The van der Waals surface area contributed by atoms with Crippen LogP contribution in [0.4, 0.5) is 11.4 Å². The highest BCUT2D eigenvalue weighted by atomic mass is 79.9. The third kappa shape index (κ3) is 4.81. The molecule has 1 aromatic heterocycles. The summed E-state index contributed by atoms with van der Waals surface area (Å²) in [7, 11) is 0. The third-order valence-corrected chi connectivity index (χ3v) is 3.96. The molecule has 0 aliphatic carbocycles. The van der Waals surface area contributed by atoms with Crippen molar-refractivity contribution in [2.75, 3.05) is 10.6 Å². The molecule has 0 radical (unpaired) electrons. The number of anilines is 2. The quantitative estimate of drug-likeness (QED) is 0.665. The second kappa shape index (κ2) is 7.81. The molecular formula is C19H15BrN2O3. The summed E-state index contributed by atoms with van der Waals surface area (Å²) in [5, 5.41) is 5.55. The highest BCUT2D eigenvalue weighted by molar-refractivity contribution is 9.10. The van der Waals surface area contributed by atoms with Gasteiger partial charge in [0.25, 0.3) is 5.91 Å². The first-order valence-corrected chi connectivity index (χ1v) is 8.39. The van der Waals surface area contributed by atoms with E-state index in [9.17, 15) is 9.59 Å². The Morgan fingerprint density at radius 1 is 0.920 bits per heavy atom. The molecule has 2 aromatic carbocycles. The van der Waals surface area contributed by atoms with Crippen LogP contribution in [0.3, 0.4) is 0 Å². The van der Waals surface area contributed by atoms with E-state index in [2.05, 4.69) is 26.6 Å². The highest BCUT2D eigenvalue weighted by Crippen LogP contribution is 2.17. The van der Waals surface area contributed by atoms with Gasteiger partial charge in [0.2, 0.25) is 5.91 Å².